The number of alkyl halides is 3. The van der Waals surface area contributed by atoms with Crippen molar-refractivity contribution in [2.45, 2.75) is 26.2 Å². The predicted octanol–water partition coefficient (Wildman–Crippen LogP) is 4.37. The number of nitrogens with one attached hydrogen (secondary N) is 1. The maximum Gasteiger partial charge on any atom is 0.490 e. The van der Waals surface area contributed by atoms with E-state index in [9.17, 15) is 13.2 Å². The van der Waals surface area contributed by atoms with Crippen LogP contribution in [0.1, 0.15) is 16.7 Å². The number of halogens is 4. The molecule has 0 amide bonds. The highest BCUT2D eigenvalue weighted by molar-refractivity contribution is 6.30. The molecule has 2 aromatic heterocycles. The summed E-state index contributed by atoms with van der Waals surface area (Å²) in [6.07, 6.45) is -1.63. The first-order valence-electron chi connectivity index (χ1n) is 9.61. The Morgan fingerprint density at radius 3 is 2.45 bits per heavy atom. The number of aromatic nitrogens is 5. The molecule has 2 aromatic carbocycles. The molecule has 33 heavy (non-hydrogen) atoms. The average Bonchev–Trinajstić information content (AvgIpc) is 3.37. The number of carboxylic acids is 1. The summed E-state index contributed by atoms with van der Waals surface area (Å²) in [7, 11) is 2.12. The number of nitrogens with zero attached hydrogens (tertiary/aromatic N) is 5. The molecule has 0 spiro atoms. The monoisotopic (exact) mass is 480 g/mol. The number of aromatic amines is 1. The van der Waals surface area contributed by atoms with Gasteiger partial charge in [0.1, 0.15) is 11.0 Å². The van der Waals surface area contributed by atoms with Gasteiger partial charge >= 0.3 is 12.1 Å². The summed E-state index contributed by atoms with van der Waals surface area (Å²) >= 11 is 5.96. The van der Waals surface area contributed by atoms with Crippen LogP contribution in [0.25, 0.3) is 16.7 Å². The summed E-state index contributed by atoms with van der Waals surface area (Å²) in [5, 5.41) is 22.9. The van der Waals surface area contributed by atoms with Crippen LogP contribution >= 0.6 is 11.6 Å². The van der Waals surface area contributed by atoms with Gasteiger partial charge in [-0.3, -0.25) is 4.90 Å². The standard InChI is InChI=1S/C19H19ClN6.C2HF3O2/c1-13-7-17(26-12-16(20)9-21-26)5-4-15(13)11-25(2)10-14-3-6-18-19(8-14)23-24-22-18;3-2(4,5)1(6)7/h3-9,12H,10-11H2,1-2H3,(H,22,23,24);(H,6,7). The molecule has 174 valence electrons. The lowest BCUT2D eigenvalue weighted by Gasteiger charge is -2.18. The van der Waals surface area contributed by atoms with Crippen molar-refractivity contribution in [3.05, 3.63) is 70.5 Å². The van der Waals surface area contributed by atoms with Crippen molar-refractivity contribution in [3.8, 4) is 5.69 Å². The van der Waals surface area contributed by atoms with Crippen molar-refractivity contribution < 1.29 is 23.1 Å². The Morgan fingerprint density at radius 2 is 1.85 bits per heavy atom. The first-order chi connectivity index (χ1) is 15.5. The number of aliphatic carboxylic acids is 1. The normalized spacial score (nSPS) is 11.5. The average molecular weight is 481 g/mol. The van der Waals surface area contributed by atoms with Crippen molar-refractivity contribution >= 4 is 28.6 Å². The lowest BCUT2D eigenvalue weighted by Crippen LogP contribution is -2.21. The molecule has 12 heteroatoms. The van der Waals surface area contributed by atoms with E-state index in [0.717, 1.165) is 29.8 Å². The molecule has 0 radical (unpaired) electrons. The molecule has 0 atom stereocenters. The van der Waals surface area contributed by atoms with Crippen LogP contribution in [0.5, 0.6) is 0 Å². The predicted molar refractivity (Wildman–Crippen MR) is 116 cm³/mol. The van der Waals surface area contributed by atoms with Crippen molar-refractivity contribution in [1.29, 1.82) is 0 Å². The highest BCUT2D eigenvalue weighted by atomic mass is 35.5. The molecule has 8 nitrogen and oxygen atoms in total. The van der Waals surface area contributed by atoms with Crippen LogP contribution in [-0.4, -0.2) is 54.4 Å². The van der Waals surface area contributed by atoms with Crippen molar-refractivity contribution in [3.63, 3.8) is 0 Å². The number of aryl methyl sites for hydroxylation is 1. The van der Waals surface area contributed by atoms with E-state index in [4.69, 9.17) is 21.5 Å². The molecule has 0 aliphatic heterocycles. The van der Waals surface area contributed by atoms with Crippen LogP contribution < -0.4 is 0 Å². The highest BCUT2D eigenvalue weighted by Crippen LogP contribution is 2.19. The Hall–Kier alpha value is -3.44. The van der Waals surface area contributed by atoms with E-state index >= 15 is 0 Å². The number of carboxylic acid groups (broad SMARTS) is 1. The largest absolute Gasteiger partial charge is 0.490 e. The van der Waals surface area contributed by atoms with Crippen LogP contribution in [0, 0.1) is 6.92 Å². The molecule has 0 unspecified atom stereocenters. The van der Waals surface area contributed by atoms with Gasteiger partial charge in [0.25, 0.3) is 0 Å². The molecule has 0 aliphatic rings. The number of hydrogen-bond acceptors (Lipinski definition) is 5. The molecule has 0 bridgehead atoms. The Labute approximate surface area is 191 Å². The third-order valence-electron chi connectivity index (χ3n) is 4.66. The zero-order valence-electron chi connectivity index (χ0n) is 17.6. The molecule has 0 aliphatic carbocycles. The first-order valence-corrected chi connectivity index (χ1v) is 9.99. The number of benzene rings is 2. The van der Waals surface area contributed by atoms with Crippen LogP contribution in [0.2, 0.25) is 5.02 Å². The Morgan fingerprint density at radius 1 is 1.15 bits per heavy atom. The Balaban J connectivity index is 0.000000383. The summed E-state index contributed by atoms with van der Waals surface area (Å²) < 4.78 is 33.5. The van der Waals surface area contributed by atoms with E-state index in [0.29, 0.717) is 5.02 Å². The maximum absolute atomic E-state index is 10.6. The summed E-state index contributed by atoms with van der Waals surface area (Å²) in [4.78, 5) is 11.2. The van der Waals surface area contributed by atoms with Crippen molar-refractivity contribution in [2.75, 3.05) is 7.05 Å². The molecule has 2 N–H and O–H groups in total. The second-order valence-corrected chi connectivity index (χ2v) is 7.77. The zero-order chi connectivity index (χ0) is 24.2. The number of fused-ring (bicyclic) bond motifs is 1. The fourth-order valence-electron chi connectivity index (χ4n) is 3.08. The summed E-state index contributed by atoms with van der Waals surface area (Å²) in [5.74, 6) is -2.76. The van der Waals surface area contributed by atoms with Gasteiger partial charge in [0.05, 0.1) is 16.9 Å². The van der Waals surface area contributed by atoms with Gasteiger partial charge in [-0.2, -0.15) is 33.7 Å². The number of hydrogen-bond donors (Lipinski definition) is 2. The molecule has 0 fully saturated rings. The van der Waals surface area contributed by atoms with Crippen LogP contribution in [0.4, 0.5) is 13.2 Å². The van der Waals surface area contributed by atoms with Gasteiger partial charge in [-0.1, -0.05) is 23.7 Å². The molecule has 4 rings (SSSR count). The van der Waals surface area contributed by atoms with Gasteiger partial charge in [-0.15, -0.1) is 0 Å². The van der Waals surface area contributed by atoms with Gasteiger partial charge in [-0.25, -0.2) is 9.48 Å². The summed E-state index contributed by atoms with van der Waals surface area (Å²) in [6.45, 7) is 3.83. The van der Waals surface area contributed by atoms with Gasteiger partial charge in [0, 0.05) is 19.3 Å². The third kappa shape index (κ3) is 6.53. The summed E-state index contributed by atoms with van der Waals surface area (Å²) in [5.41, 5.74) is 6.53. The molecular formula is C21H20ClF3N6O2. The lowest BCUT2D eigenvalue weighted by molar-refractivity contribution is -0.192. The number of rotatable bonds is 5. The maximum atomic E-state index is 10.6. The van der Waals surface area contributed by atoms with E-state index in [1.165, 1.54) is 16.7 Å². The second-order valence-electron chi connectivity index (χ2n) is 7.34. The van der Waals surface area contributed by atoms with E-state index in [-0.39, 0.29) is 0 Å². The van der Waals surface area contributed by atoms with E-state index in [1.807, 2.05) is 12.3 Å². The first kappa shape index (κ1) is 24.2. The Kier molecular flexibility index (Phi) is 7.34. The molecular weight excluding hydrogens is 461 g/mol. The smallest absolute Gasteiger partial charge is 0.475 e. The van der Waals surface area contributed by atoms with Crippen LogP contribution in [0.3, 0.4) is 0 Å². The van der Waals surface area contributed by atoms with Crippen LogP contribution in [0.15, 0.2) is 48.8 Å². The molecule has 2 heterocycles. The quantitative estimate of drug-likeness (QED) is 0.440. The lowest BCUT2D eigenvalue weighted by atomic mass is 10.1. The minimum Gasteiger partial charge on any atom is -0.475 e. The van der Waals surface area contributed by atoms with Gasteiger partial charge < -0.3 is 5.11 Å². The number of carbonyl (C=O) groups is 1. The minimum absolute atomic E-state index is 0.635. The van der Waals surface area contributed by atoms with Crippen LogP contribution in [-0.2, 0) is 17.9 Å². The zero-order valence-corrected chi connectivity index (χ0v) is 18.4. The van der Waals surface area contributed by atoms with Gasteiger partial charge in [0.2, 0.25) is 0 Å². The second kappa shape index (κ2) is 10.0. The third-order valence-corrected chi connectivity index (χ3v) is 4.85. The minimum atomic E-state index is -5.08. The highest BCUT2D eigenvalue weighted by Gasteiger charge is 2.38. The SMILES string of the molecule is Cc1cc(-n2cc(Cl)cn2)ccc1CN(C)Cc1ccc2n[nH]nc2c1.O=C(O)C(F)(F)F. The van der Waals surface area contributed by atoms with E-state index < -0.39 is 12.1 Å². The Bertz CT molecular complexity index is 1250. The summed E-state index contributed by atoms with van der Waals surface area (Å²) in [6, 6.07) is 12.5. The van der Waals surface area contributed by atoms with E-state index in [1.54, 1.807) is 10.9 Å². The molecule has 4 aromatic rings. The molecule has 0 saturated heterocycles. The fourth-order valence-corrected chi connectivity index (χ4v) is 3.22. The number of H-pyrrole nitrogens is 1. The topological polar surface area (TPSA) is 99.9 Å². The van der Waals surface area contributed by atoms with E-state index in [2.05, 4.69) is 69.7 Å². The van der Waals surface area contributed by atoms with Gasteiger partial charge in [0.15, 0.2) is 0 Å². The van der Waals surface area contributed by atoms with Crippen molar-refractivity contribution in [2.24, 2.45) is 0 Å². The van der Waals surface area contributed by atoms with Crippen molar-refractivity contribution in [1.82, 2.24) is 30.1 Å². The van der Waals surface area contributed by atoms with Gasteiger partial charge in [-0.05, 0) is 54.9 Å². The molecule has 0 saturated carbocycles. The fraction of sp³-hybridized carbons (Fsp3) is 0.238.